The molecule has 2 unspecified atom stereocenters. The molecule has 5 rings (SSSR count). The van der Waals surface area contributed by atoms with Crippen LogP contribution in [0.4, 0.5) is 0 Å². The van der Waals surface area contributed by atoms with Crippen LogP contribution in [0.15, 0.2) is 24.3 Å². The molecule has 3 saturated heterocycles. The van der Waals surface area contributed by atoms with Gasteiger partial charge < -0.3 is 20.1 Å². The van der Waals surface area contributed by atoms with Gasteiger partial charge in [0.05, 0.1) is 41.4 Å². The number of amides is 2. The molecule has 3 aliphatic heterocycles. The Balaban J connectivity index is 1.51. The van der Waals surface area contributed by atoms with Crippen molar-refractivity contribution in [2.24, 2.45) is 17.8 Å². The quantitative estimate of drug-likeness (QED) is 0.508. The number of benzene rings is 1. The molecular formula is C25H33N5O5S. The summed E-state index contributed by atoms with van der Waals surface area (Å²) in [5.74, 6) is -2.32. The summed E-state index contributed by atoms with van der Waals surface area (Å²) in [5, 5.41) is 21.5. The van der Waals surface area contributed by atoms with Crippen molar-refractivity contribution < 1.29 is 24.2 Å². The first kappa shape index (κ1) is 25.0. The van der Waals surface area contributed by atoms with E-state index < -0.39 is 33.4 Å². The molecule has 4 heterocycles. The number of rotatable bonds is 8. The summed E-state index contributed by atoms with van der Waals surface area (Å²) in [5.41, 5.74) is 1.51. The summed E-state index contributed by atoms with van der Waals surface area (Å²) < 4.78 is 5.77. The monoisotopic (exact) mass is 515 g/mol. The molecule has 2 N–H and O–H groups in total. The number of carbonyl (C=O) groups is 3. The fourth-order valence-corrected chi connectivity index (χ4v) is 8.85. The van der Waals surface area contributed by atoms with Crippen LogP contribution < -0.4 is 5.32 Å². The fraction of sp³-hybridized carbons (Fsp3) is 0.640. The minimum atomic E-state index is -0.824. The largest absolute Gasteiger partial charge is 0.466 e. The summed E-state index contributed by atoms with van der Waals surface area (Å²) in [7, 11) is 0. The van der Waals surface area contributed by atoms with E-state index in [0.717, 1.165) is 11.0 Å². The van der Waals surface area contributed by atoms with Crippen molar-refractivity contribution in [3.05, 3.63) is 24.3 Å². The Morgan fingerprint density at radius 3 is 2.75 bits per heavy atom. The number of likely N-dealkylation sites (tertiary alicyclic amines) is 1. The van der Waals surface area contributed by atoms with Gasteiger partial charge in [-0.1, -0.05) is 31.2 Å². The van der Waals surface area contributed by atoms with Gasteiger partial charge in [0.15, 0.2) is 0 Å². The van der Waals surface area contributed by atoms with Crippen LogP contribution in [0, 0.1) is 17.8 Å². The number of aliphatic hydroxyl groups excluding tert-OH is 1. The molecule has 10 nitrogen and oxygen atoms in total. The van der Waals surface area contributed by atoms with E-state index in [1.54, 1.807) is 28.3 Å². The third-order valence-corrected chi connectivity index (χ3v) is 10.1. The Morgan fingerprint density at radius 1 is 1.31 bits per heavy atom. The molecule has 1 aromatic carbocycles. The Kier molecular flexibility index (Phi) is 6.27. The van der Waals surface area contributed by atoms with Gasteiger partial charge in [-0.05, 0) is 44.7 Å². The summed E-state index contributed by atoms with van der Waals surface area (Å²) in [6.45, 7) is 7.66. The standard InChI is InChI=1S/C25H33N5O5S/c1-5-35-23(34)19-18-22(33)30(17(12-31)14(2)3)20(25(18)11-10-24(19,4)36-25)21(32)26-13-29-16-9-7-6-8-15(16)27-28-29/h6-9,14,17-20,31H,5,10-13H2,1-4H3,(H,26,32)/t17-,18-,19-,20?,24+,25?/m0/s1. The fourth-order valence-electron chi connectivity index (χ4n) is 6.51. The number of nitrogens with zero attached hydrogens (tertiary/aromatic N) is 4. The van der Waals surface area contributed by atoms with Crippen LogP contribution in [-0.4, -0.2) is 77.6 Å². The van der Waals surface area contributed by atoms with Crippen molar-refractivity contribution >= 4 is 40.6 Å². The van der Waals surface area contributed by atoms with Crippen molar-refractivity contribution in [2.45, 2.75) is 68.8 Å². The lowest BCUT2D eigenvalue weighted by Crippen LogP contribution is -2.57. The summed E-state index contributed by atoms with van der Waals surface area (Å²) in [6, 6.07) is 6.10. The number of fused-ring (bicyclic) bond motifs is 2. The number of aromatic nitrogens is 3. The van der Waals surface area contributed by atoms with Gasteiger partial charge in [0.1, 0.15) is 18.2 Å². The topological polar surface area (TPSA) is 127 Å². The highest BCUT2D eigenvalue weighted by atomic mass is 32.2. The van der Waals surface area contributed by atoms with Crippen LogP contribution >= 0.6 is 11.8 Å². The van der Waals surface area contributed by atoms with Crippen LogP contribution in [0.3, 0.4) is 0 Å². The number of carbonyl (C=O) groups excluding carboxylic acids is 3. The van der Waals surface area contributed by atoms with E-state index >= 15 is 0 Å². The predicted molar refractivity (Wildman–Crippen MR) is 134 cm³/mol. The lowest BCUT2D eigenvalue weighted by Gasteiger charge is -2.38. The lowest BCUT2D eigenvalue weighted by molar-refractivity contribution is -0.155. The highest BCUT2D eigenvalue weighted by Crippen LogP contribution is 2.71. The molecule has 1 spiro atoms. The van der Waals surface area contributed by atoms with E-state index in [9.17, 15) is 19.5 Å². The number of nitrogens with one attached hydrogen (secondary N) is 1. The van der Waals surface area contributed by atoms with Crippen LogP contribution in [-0.2, 0) is 25.8 Å². The molecule has 3 aliphatic rings. The van der Waals surface area contributed by atoms with Gasteiger partial charge in [-0.15, -0.1) is 16.9 Å². The smallest absolute Gasteiger partial charge is 0.311 e. The van der Waals surface area contributed by atoms with E-state index in [2.05, 4.69) is 15.6 Å². The third-order valence-electron chi connectivity index (χ3n) is 8.14. The number of aliphatic hydroxyl groups is 1. The molecule has 0 saturated carbocycles. The van der Waals surface area contributed by atoms with Crippen molar-refractivity contribution in [2.75, 3.05) is 13.2 Å². The predicted octanol–water partition coefficient (Wildman–Crippen LogP) is 1.57. The number of thioether (sulfide) groups is 1. The van der Waals surface area contributed by atoms with Crippen LogP contribution in [0.5, 0.6) is 0 Å². The normalized spacial score (nSPS) is 31.8. The summed E-state index contributed by atoms with van der Waals surface area (Å²) in [6.07, 6.45) is 1.35. The van der Waals surface area contributed by atoms with Gasteiger partial charge >= 0.3 is 5.97 Å². The van der Waals surface area contributed by atoms with Crippen molar-refractivity contribution in [1.29, 1.82) is 0 Å². The molecule has 0 aliphatic carbocycles. The zero-order valence-corrected chi connectivity index (χ0v) is 21.8. The molecule has 36 heavy (non-hydrogen) atoms. The lowest BCUT2D eigenvalue weighted by atomic mass is 9.66. The number of hydrogen-bond acceptors (Lipinski definition) is 8. The Labute approximate surface area is 214 Å². The highest BCUT2D eigenvalue weighted by Gasteiger charge is 2.78. The molecule has 194 valence electrons. The first-order valence-electron chi connectivity index (χ1n) is 12.5. The zero-order chi connectivity index (χ0) is 25.8. The number of ether oxygens (including phenoxy) is 1. The first-order chi connectivity index (χ1) is 17.2. The number of esters is 1. The van der Waals surface area contributed by atoms with Crippen LogP contribution in [0.25, 0.3) is 11.0 Å². The van der Waals surface area contributed by atoms with E-state index in [1.165, 1.54) is 0 Å². The zero-order valence-electron chi connectivity index (χ0n) is 21.0. The minimum Gasteiger partial charge on any atom is -0.466 e. The molecule has 2 amide bonds. The van der Waals surface area contributed by atoms with Gasteiger partial charge in [0, 0.05) is 4.75 Å². The molecule has 0 radical (unpaired) electrons. The number of hydrogen-bond donors (Lipinski definition) is 2. The number of para-hydroxylation sites is 1. The SMILES string of the molecule is CCOC(=O)[C@@H]1[C@H]2C(=O)N([C@@H](CO)C(C)C)C(C(=O)NCn3nnc4ccccc43)C23CC[C@@]1(C)S3. The molecule has 1 aromatic heterocycles. The molecule has 3 fully saturated rings. The third kappa shape index (κ3) is 3.53. The van der Waals surface area contributed by atoms with Crippen molar-refractivity contribution in [3.8, 4) is 0 Å². The van der Waals surface area contributed by atoms with Crippen LogP contribution in [0.2, 0.25) is 0 Å². The summed E-state index contributed by atoms with van der Waals surface area (Å²) >= 11 is 1.58. The van der Waals surface area contributed by atoms with Gasteiger partial charge in [0.25, 0.3) is 0 Å². The first-order valence-corrected chi connectivity index (χ1v) is 13.4. The Bertz CT molecular complexity index is 1200. The highest BCUT2D eigenvalue weighted by molar-refractivity contribution is 8.02. The van der Waals surface area contributed by atoms with Crippen LogP contribution in [0.1, 0.15) is 40.5 Å². The second kappa shape index (κ2) is 9.02. The maximum atomic E-state index is 14.0. The molecule has 6 atom stereocenters. The molecular weight excluding hydrogens is 482 g/mol. The summed E-state index contributed by atoms with van der Waals surface area (Å²) in [4.78, 5) is 42.7. The Morgan fingerprint density at radius 2 is 2.06 bits per heavy atom. The van der Waals surface area contributed by atoms with Gasteiger partial charge in [-0.25, -0.2) is 4.68 Å². The maximum absolute atomic E-state index is 14.0. The van der Waals surface area contributed by atoms with Crippen molar-refractivity contribution in [1.82, 2.24) is 25.2 Å². The molecule has 11 heteroatoms. The second-order valence-electron chi connectivity index (χ2n) is 10.5. The average molecular weight is 516 g/mol. The average Bonchev–Trinajstić information content (AvgIpc) is 3.54. The van der Waals surface area contributed by atoms with E-state index in [1.807, 2.05) is 45.0 Å². The second-order valence-corrected chi connectivity index (χ2v) is 12.4. The Hall–Kier alpha value is -2.66. The maximum Gasteiger partial charge on any atom is 0.311 e. The van der Waals surface area contributed by atoms with Crippen molar-refractivity contribution in [3.63, 3.8) is 0 Å². The van der Waals surface area contributed by atoms with E-state index in [-0.39, 0.29) is 43.6 Å². The van der Waals surface area contributed by atoms with Gasteiger partial charge in [-0.3, -0.25) is 14.4 Å². The van der Waals surface area contributed by atoms with E-state index in [0.29, 0.717) is 12.8 Å². The van der Waals surface area contributed by atoms with E-state index in [4.69, 9.17) is 4.74 Å². The molecule has 2 aromatic rings. The van der Waals surface area contributed by atoms with Gasteiger partial charge in [0.2, 0.25) is 11.8 Å². The minimum absolute atomic E-state index is 0.0810. The molecule has 2 bridgehead atoms. The van der Waals surface area contributed by atoms with Gasteiger partial charge in [-0.2, -0.15) is 0 Å².